The lowest BCUT2D eigenvalue weighted by Gasteiger charge is -1.81. The van der Waals surface area contributed by atoms with Crippen molar-refractivity contribution in [3.8, 4) is 0 Å². The number of aryl methyl sites for hydroxylation is 1. The molecule has 9 heavy (non-hydrogen) atoms. The quantitative estimate of drug-likeness (QED) is 0.546. The highest BCUT2D eigenvalue weighted by molar-refractivity contribution is 5.02. The van der Waals surface area contributed by atoms with Gasteiger partial charge in [-0.25, -0.2) is 0 Å². The fourth-order valence-corrected chi connectivity index (χ4v) is 0.628. The molecule has 4 nitrogen and oxygen atoms in total. The lowest BCUT2D eigenvalue weighted by atomic mass is 10.4. The molecule has 48 valence electrons. The zero-order chi connectivity index (χ0) is 6.69. The largest absolute Gasteiger partial charge is 0.275 e. The highest BCUT2D eigenvalue weighted by atomic mass is 16.3. The van der Waals surface area contributed by atoms with Gasteiger partial charge in [-0.2, -0.15) is 10.0 Å². The van der Waals surface area contributed by atoms with Crippen molar-refractivity contribution in [2.24, 2.45) is 12.2 Å². The fraction of sp³-hybridized carbons (Fsp3) is 0.400. The Hall–Kier alpha value is -1.19. The maximum Gasteiger partial charge on any atom is 0.109 e. The van der Waals surface area contributed by atoms with Gasteiger partial charge in [-0.05, 0) is 0 Å². The molecule has 0 saturated heterocycles. The summed E-state index contributed by atoms with van der Waals surface area (Å²) in [7, 11) is 1.80. The van der Waals surface area contributed by atoms with Gasteiger partial charge in [-0.1, -0.05) is 5.18 Å². The second kappa shape index (κ2) is 2.39. The van der Waals surface area contributed by atoms with Gasteiger partial charge < -0.3 is 0 Å². The highest BCUT2D eigenvalue weighted by Crippen LogP contribution is 1.96. The Morgan fingerprint density at radius 1 is 1.89 bits per heavy atom. The number of hydrogen-bond acceptors (Lipinski definition) is 3. The van der Waals surface area contributed by atoms with Gasteiger partial charge >= 0.3 is 0 Å². The Morgan fingerprint density at radius 3 is 3.11 bits per heavy atom. The molecule has 0 bridgehead atoms. The van der Waals surface area contributed by atoms with E-state index in [9.17, 15) is 4.91 Å². The SMILES string of the molecule is Cn1cc(CN=O)cn1. The Bertz CT molecular complexity index is 206. The Labute approximate surface area is 52.5 Å². The van der Waals surface area contributed by atoms with E-state index >= 15 is 0 Å². The third-order valence-electron chi connectivity index (χ3n) is 1.01. The number of hydrogen-bond donors (Lipinski definition) is 0. The fourth-order valence-electron chi connectivity index (χ4n) is 0.628. The van der Waals surface area contributed by atoms with E-state index < -0.39 is 0 Å². The van der Waals surface area contributed by atoms with Crippen LogP contribution in [0.3, 0.4) is 0 Å². The molecule has 0 saturated carbocycles. The predicted octanol–water partition coefficient (Wildman–Crippen LogP) is 0.686. The molecular formula is C5H7N3O. The van der Waals surface area contributed by atoms with Gasteiger partial charge in [0.15, 0.2) is 0 Å². The first kappa shape index (κ1) is 5.94. The molecule has 0 aromatic carbocycles. The summed E-state index contributed by atoms with van der Waals surface area (Å²) in [6.45, 7) is 0.216. The lowest BCUT2D eigenvalue weighted by molar-refractivity contribution is 0.767. The molecule has 0 unspecified atom stereocenters. The first-order valence-corrected chi connectivity index (χ1v) is 2.59. The molecule has 0 radical (unpaired) electrons. The van der Waals surface area contributed by atoms with E-state index in [-0.39, 0.29) is 6.54 Å². The Balaban J connectivity index is 2.72. The average molecular weight is 125 g/mol. The molecule has 0 N–H and O–H groups in total. The van der Waals surface area contributed by atoms with Crippen LogP contribution in [0.5, 0.6) is 0 Å². The first-order valence-electron chi connectivity index (χ1n) is 2.59. The van der Waals surface area contributed by atoms with Gasteiger partial charge in [0.2, 0.25) is 0 Å². The molecule has 0 amide bonds. The van der Waals surface area contributed by atoms with Crippen molar-refractivity contribution in [2.75, 3.05) is 0 Å². The Kier molecular flexibility index (Phi) is 1.58. The van der Waals surface area contributed by atoms with Crippen LogP contribution in [0.15, 0.2) is 17.6 Å². The summed E-state index contributed by atoms with van der Waals surface area (Å²) in [5, 5.41) is 6.57. The number of aromatic nitrogens is 2. The summed E-state index contributed by atoms with van der Waals surface area (Å²) in [5.41, 5.74) is 0.854. The molecule has 0 atom stereocenters. The normalized spacial score (nSPS) is 9.44. The average Bonchev–Trinajstić information content (AvgIpc) is 2.17. The van der Waals surface area contributed by atoms with Gasteiger partial charge in [-0.15, -0.1) is 0 Å². The summed E-state index contributed by atoms with van der Waals surface area (Å²) in [6.07, 6.45) is 3.39. The van der Waals surface area contributed by atoms with Gasteiger partial charge in [0.25, 0.3) is 0 Å². The van der Waals surface area contributed by atoms with Gasteiger partial charge in [0.1, 0.15) is 6.54 Å². The van der Waals surface area contributed by atoms with Gasteiger partial charge in [0, 0.05) is 18.8 Å². The van der Waals surface area contributed by atoms with Crippen LogP contribution in [-0.4, -0.2) is 9.78 Å². The maximum atomic E-state index is 9.70. The van der Waals surface area contributed by atoms with Crippen LogP contribution in [-0.2, 0) is 13.6 Å². The van der Waals surface area contributed by atoms with E-state index in [0.29, 0.717) is 0 Å². The van der Waals surface area contributed by atoms with Crippen molar-refractivity contribution in [2.45, 2.75) is 6.54 Å². The minimum atomic E-state index is 0.216. The second-order valence-corrected chi connectivity index (χ2v) is 1.81. The molecule has 1 aromatic rings. The van der Waals surface area contributed by atoms with E-state index in [1.54, 1.807) is 24.1 Å². The summed E-state index contributed by atoms with van der Waals surface area (Å²) < 4.78 is 1.64. The lowest BCUT2D eigenvalue weighted by Crippen LogP contribution is -1.84. The van der Waals surface area contributed by atoms with E-state index in [4.69, 9.17) is 0 Å². The molecule has 0 fully saturated rings. The monoisotopic (exact) mass is 125 g/mol. The molecule has 1 rings (SSSR count). The minimum Gasteiger partial charge on any atom is -0.275 e. The van der Waals surface area contributed by atoms with E-state index in [1.807, 2.05) is 0 Å². The third-order valence-corrected chi connectivity index (χ3v) is 1.01. The smallest absolute Gasteiger partial charge is 0.109 e. The topological polar surface area (TPSA) is 47.2 Å². The van der Waals surface area contributed by atoms with Gasteiger partial charge in [0.05, 0.1) is 6.20 Å². The molecule has 0 aliphatic carbocycles. The van der Waals surface area contributed by atoms with Crippen LogP contribution in [0.1, 0.15) is 5.56 Å². The molecule has 1 aromatic heterocycles. The molecule has 4 heteroatoms. The molecule has 0 spiro atoms. The number of rotatable bonds is 2. The first-order chi connectivity index (χ1) is 4.33. The highest BCUT2D eigenvalue weighted by Gasteiger charge is 1.92. The minimum absolute atomic E-state index is 0.216. The van der Waals surface area contributed by atoms with Crippen LogP contribution in [0.4, 0.5) is 0 Å². The van der Waals surface area contributed by atoms with E-state index in [2.05, 4.69) is 10.3 Å². The number of nitroso groups, excluding NO2 is 1. The van der Waals surface area contributed by atoms with Crippen molar-refractivity contribution in [1.29, 1.82) is 0 Å². The van der Waals surface area contributed by atoms with Crippen molar-refractivity contribution in [1.82, 2.24) is 9.78 Å². The third kappa shape index (κ3) is 1.35. The molecular weight excluding hydrogens is 118 g/mol. The van der Waals surface area contributed by atoms with Crippen LogP contribution in [0.25, 0.3) is 0 Å². The molecule has 1 heterocycles. The summed E-state index contributed by atoms with van der Waals surface area (Å²) in [4.78, 5) is 9.70. The van der Waals surface area contributed by atoms with Crippen LogP contribution < -0.4 is 0 Å². The summed E-state index contributed by atoms with van der Waals surface area (Å²) in [5.74, 6) is 0. The predicted molar refractivity (Wildman–Crippen MR) is 32.7 cm³/mol. The van der Waals surface area contributed by atoms with E-state index in [0.717, 1.165) is 5.56 Å². The molecule has 0 aliphatic heterocycles. The van der Waals surface area contributed by atoms with E-state index in [1.165, 1.54) is 0 Å². The Morgan fingerprint density at radius 2 is 2.67 bits per heavy atom. The van der Waals surface area contributed by atoms with Crippen LogP contribution in [0.2, 0.25) is 0 Å². The zero-order valence-corrected chi connectivity index (χ0v) is 5.11. The van der Waals surface area contributed by atoms with Crippen molar-refractivity contribution in [3.63, 3.8) is 0 Å². The van der Waals surface area contributed by atoms with Crippen molar-refractivity contribution < 1.29 is 0 Å². The van der Waals surface area contributed by atoms with Crippen LogP contribution in [0, 0.1) is 4.91 Å². The van der Waals surface area contributed by atoms with Crippen molar-refractivity contribution >= 4 is 0 Å². The van der Waals surface area contributed by atoms with Crippen molar-refractivity contribution in [3.05, 3.63) is 22.9 Å². The maximum absolute atomic E-state index is 9.70. The molecule has 0 aliphatic rings. The summed E-state index contributed by atoms with van der Waals surface area (Å²) in [6, 6.07) is 0. The van der Waals surface area contributed by atoms with Gasteiger partial charge in [-0.3, -0.25) is 4.68 Å². The summed E-state index contributed by atoms with van der Waals surface area (Å²) >= 11 is 0. The second-order valence-electron chi connectivity index (χ2n) is 1.81. The number of nitrogens with zero attached hydrogens (tertiary/aromatic N) is 3. The van der Waals surface area contributed by atoms with Crippen LogP contribution >= 0.6 is 0 Å². The standard InChI is InChI=1S/C5H7N3O/c1-8-4-5(2-6-8)3-7-9/h2,4H,3H2,1H3. The zero-order valence-electron chi connectivity index (χ0n) is 5.11.